The summed E-state index contributed by atoms with van der Waals surface area (Å²) in [5, 5.41) is 5.71. The topological polar surface area (TPSA) is 43.6 Å². The lowest BCUT2D eigenvalue weighted by molar-refractivity contribution is 0.470. The van der Waals surface area contributed by atoms with Crippen molar-refractivity contribution in [3.63, 3.8) is 0 Å². The average Bonchev–Trinajstić information content (AvgIpc) is 2.82. The van der Waals surface area contributed by atoms with Crippen molar-refractivity contribution in [3.05, 3.63) is 16.6 Å². The zero-order valence-electron chi connectivity index (χ0n) is 8.53. The number of nitrogens with zero attached hydrogens (tertiary/aromatic N) is 4. The van der Waals surface area contributed by atoms with Gasteiger partial charge in [-0.2, -0.15) is 10.1 Å². The summed E-state index contributed by atoms with van der Waals surface area (Å²) in [4.78, 5) is 7.97. The van der Waals surface area contributed by atoms with Gasteiger partial charge in [-0.15, -0.1) is 0 Å². The summed E-state index contributed by atoms with van der Waals surface area (Å²) in [5.41, 5.74) is 0.580. The van der Waals surface area contributed by atoms with Gasteiger partial charge in [-0.1, -0.05) is 24.4 Å². The van der Waals surface area contributed by atoms with Crippen LogP contribution in [0.3, 0.4) is 0 Å². The highest BCUT2D eigenvalue weighted by atomic mass is 35.5. The minimum Gasteiger partial charge on any atom is -0.267 e. The number of halogens is 2. The zero-order chi connectivity index (χ0) is 11.1. The van der Waals surface area contributed by atoms with Gasteiger partial charge in [0.15, 0.2) is 5.65 Å². The summed E-state index contributed by atoms with van der Waals surface area (Å²) < 4.78 is 1.95. The summed E-state index contributed by atoms with van der Waals surface area (Å²) in [6.07, 6.45) is 6.80. The Morgan fingerprint density at radius 1 is 1.19 bits per heavy atom. The van der Waals surface area contributed by atoms with Crippen LogP contribution < -0.4 is 0 Å². The highest BCUT2D eigenvalue weighted by Gasteiger charge is 2.19. The molecule has 0 amide bonds. The molecule has 0 N–H and O–H groups in total. The number of aromatic nitrogens is 4. The molecule has 4 nitrogen and oxygen atoms in total. The number of hydrogen-bond donors (Lipinski definition) is 0. The first-order valence-electron chi connectivity index (χ1n) is 5.32. The lowest BCUT2D eigenvalue weighted by atomic mass is 10.3. The highest BCUT2D eigenvalue weighted by Crippen LogP contribution is 2.31. The van der Waals surface area contributed by atoms with Crippen LogP contribution in [0.5, 0.6) is 0 Å². The molecule has 2 aromatic heterocycles. The van der Waals surface area contributed by atoms with Gasteiger partial charge >= 0.3 is 0 Å². The third kappa shape index (κ3) is 1.66. The molecule has 0 aliphatic heterocycles. The Balaban J connectivity index is 2.11. The summed E-state index contributed by atoms with van der Waals surface area (Å²) in [6, 6.07) is 0.476. The average molecular weight is 257 g/mol. The lowest BCUT2D eigenvalue weighted by Crippen LogP contribution is -2.04. The van der Waals surface area contributed by atoms with Gasteiger partial charge in [0.1, 0.15) is 5.15 Å². The first-order chi connectivity index (χ1) is 7.74. The van der Waals surface area contributed by atoms with Gasteiger partial charge in [-0.25, -0.2) is 4.98 Å². The molecule has 6 heteroatoms. The van der Waals surface area contributed by atoms with Gasteiger partial charge in [0.25, 0.3) is 0 Å². The zero-order valence-corrected chi connectivity index (χ0v) is 10.0. The van der Waals surface area contributed by atoms with Crippen molar-refractivity contribution in [3.8, 4) is 0 Å². The first kappa shape index (κ1) is 10.3. The number of fused-ring (bicyclic) bond motifs is 1. The quantitative estimate of drug-likeness (QED) is 0.581. The van der Waals surface area contributed by atoms with Gasteiger partial charge in [0.05, 0.1) is 11.4 Å². The smallest absolute Gasteiger partial charge is 0.225 e. The van der Waals surface area contributed by atoms with Crippen LogP contribution in [0.2, 0.25) is 10.4 Å². The van der Waals surface area contributed by atoms with Gasteiger partial charge in [0.2, 0.25) is 5.28 Å². The van der Waals surface area contributed by atoms with Crippen molar-refractivity contribution in [2.45, 2.75) is 31.7 Å². The molecule has 0 radical (unpaired) electrons. The molecule has 84 valence electrons. The van der Waals surface area contributed by atoms with Crippen LogP contribution in [-0.2, 0) is 0 Å². The van der Waals surface area contributed by atoms with E-state index in [1.54, 1.807) is 0 Å². The van der Waals surface area contributed by atoms with Gasteiger partial charge in [-0.3, -0.25) is 4.68 Å². The maximum Gasteiger partial charge on any atom is 0.225 e. The third-order valence-corrected chi connectivity index (χ3v) is 3.48. The fraction of sp³-hybridized carbons (Fsp3) is 0.500. The molecule has 0 aromatic carbocycles. The lowest BCUT2D eigenvalue weighted by Gasteiger charge is -2.07. The Hall–Kier alpha value is -0.870. The normalized spacial score (nSPS) is 17.4. The molecule has 1 aliphatic carbocycles. The molecule has 16 heavy (non-hydrogen) atoms. The molecule has 1 fully saturated rings. The van der Waals surface area contributed by atoms with E-state index in [0.717, 1.165) is 5.39 Å². The van der Waals surface area contributed by atoms with Crippen LogP contribution >= 0.6 is 23.2 Å². The molecule has 0 saturated heterocycles. The SMILES string of the molecule is Clc1nc(Cl)c2cn(C3CCCC3)nc2n1. The molecule has 1 saturated carbocycles. The molecular weight excluding hydrogens is 247 g/mol. The Morgan fingerprint density at radius 2 is 1.94 bits per heavy atom. The van der Waals surface area contributed by atoms with Crippen LogP contribution in [0.15, 0.2) is 6.20 Å². The van der Waals surface area contributed by atoms with E-state index in [2.05, 4.69) is 15.1 Å². The summed E-state index contributed by atoms with van der Waals surface area (Å²) in [5.74, 6) is 0. The monoisotopic (exact) mass is 256 g/mol. The van der Waals surface area contributed by atoms with E-state index in [1.165, 1.54) is 25.7 Å². The van der Waals surface area contributed by atoms with E-state index in [9.17, 15) is 0 Å². The van der Waals surface area contributed by atoms with E-state index in [4.69, 9.17) is 23.2 Å². The summed E-state index contributed by atoms with van der Waals surface area (Å²) >= 11 is 11.7. The van der Waals surface area contributed by atoms with Crippen molar-refractivity contribution in [1.29, 1.82) is 0 Å². The second kappa shape index (κ2) is 3.86. The van der Waals surface area contributed by atoms with Crippen molar-refractivity contribution in [2.24, 2.45) is 0 Å². The largest absolute Gasteiger partial charge is 0.267 e. The van der Waals surface area contributed by atoms with Crippen molar-refractivity contribution >= 4 is 34.2 Å². The molecule has 0 atom stereocenters. The van der Waals surface area contributed by atoms with Gasteiger partial charge in [0, 0.05) is 6.20 Å². The van der Waals surface area contributed by atoms with Crippen molar-refractivity contribution in [2.75, 3.05) is 0 Å². The number of rotatable bonds is 1. The van der Waals surface area contributed by atoms with Crippen molar-refractivity contribution in [1.82, 2.24) is 19.7 Å². The second-order valence-electron chi connectivity index (χ2n) is 4.07. The predicted molar refractivity (Wildman–Crippen MR) is 62.8 cm³/mol. The predicted octanol–water partition coefficient (Wildman–Crippen LogP) is 3.25. The molecule has 2 heterocycles. The van der Waals surface area contributed by atoms with E-state index in [1.807, 2.05) is 10.9 Å². The Kier molecular flexibility index (Phi) is 2.48. The molecule has 0 spiro atoms. The van der Waals surface area contributed by atoms with E-state index in [-0.39, 0.29) is 5.28 Å². The van der Waals surface area contributed by atoms with E-state index >= 15 is 0 Å². The van der Waals surface area contributed by atoms with Gasteiger partial charge in [-0.05, 0) is 24.4 Å². The van der Waals surface area contributed by atoms with Crippen LogP contribution in [0.4, 0.5) is 0 Å². The maximum absolute atomic E-state index is 5.99. The van der Waals surface area contributed by atoms with Crippen LogP contribution in [0.25, 0.3) is 11.0 Å². The molecule has 0 bridgehead atoms. The highest BCUT2D eigenvalue weighted by molar-refractivity contribution is 6.35. The minimum atomic E-state index is 0.147. The number of hydrogen-bond acceptors (Lipinski definition) is 3. The minimum absolute atomic E-state index is 0.147. The van der Waals surface area contributed by atoms with Crippen LogP contribution in [0.1, 0.15) is 31.7 Å². The molecule has 0 unspecified atom stereocenters. The fourth-order valence-corrected chi connectivity index (χ4v) is 2.64. The Labute approximate surface area is 103 Å². The van der Waals surface area contributed by atoms with E-state index < -0.39 is 0 Å². The van der Waals surface area contributed by atoms with Crippen LogP contribution in [0, 0.1) is 0 Å². The van der Waals surface area contributed by atoms with Crippen LogP contribution in [-0.4, -0.2) is 19.7 Å². The maximum atomic E-state index is 5.99. The fourth-order valence-electron chi connectivity index (χ4n) is 2.22. The second-order valence-corrected chi connectivity index (χ2v) is 4.76. The molecule has 3 rings (SSSR count). The standard InChI is InChI=1S/C10H10Cl2N4/c11-8-7-5-16(6-3-1-2-4-6)15-9(7)14-10(12)13-8/h5-6H,1-4H2. The first-order valence-corrected chi connectivity index (χ1v) is 6.07. The summed E-state index contributed by atoms with van der Waals surface area (Å²) in [6.45, 7) is 0. The van der Waals surface area contributed by atoms with E-state index in [0.29, 0.717) is 16.8 Å². The Bertz CT molecular complexity index is 531. The van der Waals surface area contributed by atoms with Crippen molar-refractivity contribution < 1.29 is 0 Å². The third-order valence-electron chi connectivity index (χ3n) is 3.02. The summed E-state index contributed by atoms with van der Waals surface area (Å²) in [7, 11) is 0. The van der Waals surface area contributed by atoms with Gasteiger partial charge < -0.3 is 0 Å². The molecular formula is C10H10Cl2N4. The Morgan fingerprint density at radius 3 is 2.69 bits per heavy atom. The molecule has 1 aliphatic rings. The molecule has 2 aromatic rings.